The predicted molar refractivity (Wildman–Crippen MR) is 53.7 cm³/mol. The predicted octanol–water partition coefficient (Wildman–Crippen LogP) is -0.417. The van der Waals surface area contributed by atoms with E-state index in [9.17, 15) is 19.2 Å². The molecule has 0 aliphatic heterocycles. The Kier molecular flexibility index (Phi) is 3.89. The lowest BCUT2D eigenvalue weighted by Crippen LogP contribution is -2.44. The van der Waals surface area contributed by atoms with Gasteiger partial charge in [0, 0.05) is 0 Å². The third-order valence-corrected chi connectivity index (χ3v) is 3.26. The molecule has 0 unspecified atom stereocenters. The molecule has 1 fully saturated rings. The molecule has 100 valence electrons. The van der Waals surface area contributed by atoms with Crippen LogP contribution < -0.4 is 0 Å². The molecule has 18 heavy (non-hydrogen) atoms. The molecule has 8 nitrogen and oxygen atoms in total. The molecule has 1 saturated carbocycles. The Balaban J connectivity index is 3.06. The molecule has 8 heteroatoms. The lowest BCUT2D eigenvalue weighted by Gasteiger charge is -2.33. The Labute approximate surface area is 101 Å². The van der Waals surface area contributed by atoms with Crippen LogP contribution in [0.25, 0.3) is 0 Å². The number of hydrogen-bond acceptors (Lipinski definition) is 4. The van der Waals surface area contributed by atoms with Crippen LogP contribution in [0.5, 0.6) is 0 Å². The van der Waals surface area contributed by atoms with E-state index in [4.69, 9.17) is 20.4 Å². The third-order valence-electron chi connectivity index (χ3n) is 3.26. The van der Waals surface area contributed by atoms with Crippen molar-refractivity contribution in [1.29, 1.82) is 0 Å². The first-order valence-electron chi connectivity index (χ1n) is 5.17. The molecule has 0 amide bonds. The van der Waals surface area contributed by atoms with Gasteiger partial charge in [-0.15, -0.1) is 0 Å². The number of carboxylic acids is 4. The largest absolute Gasteiger partial charge is 0.481 e. The molecule has 1 aliphatic rings. The molecule has 0 radical (unpaired) electrons. The average Bonchev–Trinajstić information content (AvgIpc) is 2.26. The molecule has 0 aromatic heterocycles. The zero-order chi connectivity index (χ0) is 14.0. The molecule has 0 aromatic rings. The van der Waals surface area contributed by atoms with Crippen LogP contribution in [0.1, 0.15) is 12.8 Å². The van der Waals surface area contributed by atoms with E-state index in [1.54, 1.807) is 0 Å². The quantitative estimate of drug-likeness (QED) is 0.532. The molecule has 0 bridgehead atoms. The molecule has 4 atom stereocenters. The highest BCUT2D eigenvalue weighted by molar-refractivity contribution is 5.85. The lowest BCUT2D eigenvalue weighted by atomic mass is 9.68. The fourth-order valence-corrected chi connectivity index (χ4v) is 2.30. The highest BCUT2D eigenvalue weighted by atomic mass is 16.4. The van der Waals surface area contributed by atoms with Crippen molar-refractivity contribution in [3.8, 4) is 0 Å². The van der Waals surface area contributed by atoms with Gasteiger partial charge in [-0.1, -0.05) is 0 Å². The fraction of sp³-hybridized carbons (Fsp3) is 0.600. The molecular weight excluding hydrogens is 248 g/mol. The zero-order valence-electron chi connectivity index (χ0n) is 9.15. The third kappa shape index (κ3) is 2.58. The molecule has 0 saturated heterocycles. The van der Waals surface area contributed by atoms with Gasteiger partial charge in [-0.2, -0.15) is 0 Å². The smallest absolute Gasteiger partial charge is 0.307 e. The minimum absolute atomic E-state index is 0.487. The second kappa shape index (κ2) is 5.03. The minimum atomic E-state index is -1.42. The maximum Gasteiger partial charge on any atom is 0.307 e. The molecule has 0 heterocycles. The van der Waals surface area contributed by atoms with Gasteiger partial charge >= 0.3 is 23.9 Å². The highest BCUT2D eigenvalue weighted by Crippen LogP contribution is 2.38. The van der Waals surface area contributed by atoms with Gasteiger partial charge in [-0.25, -0.2) is 0 Å². The molecule has 0 aromatic carbocycles. The van der Waals surface area contributed by atoms with Crippen LogP contribution in [0.3, 0.4) is 0 Å². The Morgan fingerprint density at radius 2 is 0.722 bits per heavy atom. The number of rotatable bonds is 4. The Hall–Kier alpha value is -2.12. The van der Waals surface area contributed by atoms with Crippen molar-refractivity contribution in [3.05, 3.63) is 0 Å². The Morgan fingerprint density at radius 3 is 0.833 bits per heavy atom. The summed E-state index contributed by atoms with van der Waals surface area (Å²) in [5.74, 6) is -11.2. The standard InChI is InChI=1S/C10H12O8/c11-7(12)3-1-4(8(13)14)6(10(17)18)2-5(3)9(15)16/h3-6H,1-2H2,(H,11,12)(H,13,14)(H,15,16)(H,17,18)/t3-,4-,5+,6+. The summed E-state index contributed by atoms with van der Waals surface area (Å²) in [6, 6.07) is 0. The van der Waals surface area contributed by atoms with Gasteiger partial charge in [0.15, 0.2) is 0 Å². The SMILES string of the molecule is O=C(O)[C@H]1C[C@H](C(=O)O)[C@H](C(=O)O)C[C@H]1C(=O)O. The lowest BCUT2D eigenvalue weighted by molar-refractivity contribution is -0.167. The molecule has 4 N–H and O–H groups in total. The first-order valence-corrected chi connectivity index (χ1v) is 5.17. The van der Waals surface area contributed by atoms with E-state index in [0.29, 0.717) is 0 Å². The van der Waals surface area contributed by atoms with Crippen molar-refractivity contribution in [2.75, 3.05) is 0 Å². The van der Waals surface area contributed by atoms with Crippen LogP contribution in [-0.4, -0.2) is 44.3 Å². The van der Waals surface area contributed by atoms with Crippen LogP contribution in [0, 0.1) is 23.7 Å². The van der Waals surface area contributed by atoms with E-state index in [2.05, 4.69) is 0 Å². The minimum Gasteiger partial charge on any atom is -0.481 e. The molecular formula is C10H12O8. The Bertz CT molecular complexity index is 327. The number of aliphatic carboxylic acids is 4. The summed E-state index contributed by atoms with van der Waals surface area (Å²) >= 11 is 0. The fourth-order valence-electron chi connectivity index (χ4n) is 2.30. The maximum absolute atomic E-state index is 10.9. The monoisotopic (exact) mass is 260 g/mol. The summed E-state index contributed by atoms with van der Waals surface area (Å²) in [6.45, 7) is 0. The summed E-state index contributed by atoms with van der Waals surface area (Å²) in [5.41, 5.74) is 0. The van der Waals surface area contributed by atoms with Crippen LogP contribution >= 0.6 is 0 Å². The first kappa shape index (κ1) is 13.9. The first-order chi connectivity index (χ1) is 8.25. The molecule has 0 spiro atoms. The zero-order valence-corrected chi connectivity index (χ0v) is 9.15. The van der Waals surface area contributed by atoms with Crippen molar-refractivity contribution in [2.45, 2.75) is 12.8 Å². The van der Waals surface area contributed by atoms with Crippen LogP contribution in [0.4, 0.5) is 0 Å². The van der Waals surface area contributed by atoms with Crippen molar-refractivity contribution < 1.29 is 39.6 Å². The van der Waals surface area contributed by atoms with E-state index in [1.807, 2.05) is 0 Å². The van der Waals surface area contributed by atoms with Crippen LogP contribution in [-0.2, 0) is 19.2 Å². The number of carboxylic acid groups (broad SMARTS) is 4. The average molecular weight is 260 g/mol. The summed E-state index contributed by atoms with van der Waals surface area (Å²) < 4.78 is 0. The van der Waals surface area contributed by atoms with E-state index >= 15 is 0 Å². The van der Waals surface area contributed by atoms with E-state index in [-0.39, 0.29) is 0 Å². The number of hydrogen-bond donors (Lipinski definition) is 4. The van der Waals surface area contributed by atoms with Gasteiger partial charge in [0.1, 0.15) is 0 Å². The topological polar surface area (TPSA) is 149 Å². The summed E-state index contributed by atoms with van der Waals surface area (Å²) in [7, 11) is 0. The van der Waals surface area contributed by atoms with Crippen LogP contribution in [0.2, 0.25) is 0 Å². The summed E-state index contributed by atoms with van der Waals surface area (Å²) in [6.07, 6.45) is -0.975. The van der Waals surface area contributed by atoms with Gasteiger partial charge < -0.3 is 20.4 Å². The van der Waals surface area contributed by atoms with Gasteiger partial charge in [-0.05, 0) is 12.8 Å². The van der Waals surface area contributed by atoms with Gasteiger partial charge in [0.25, 0.3) is 0 Å². The molecule has 1 rings (SSSR count). The van der Waals surface area contributed by atoms with Crippen molar-refractivity contribution in [3.63, 3.8) is 0 Å². The summed E-state index contributed by atoms with van der Waals surface area (Å²) in [5, 5.41) is 35.5. The van der Waals surface area contributed by atoms with Crippen molar-refractivity contribution in [1.82, 2.24) is 0 Å². The highest BCUT2D eigenvalue weighted by Gasteiger charge is 2.49. The van der Waals surface area contributed by atoms with Gasteiger partial charge in [-0.3, -0.25) is 19.2 Å². The van der Waals surface area contributed by atoms with Gasteiger partial charge in [0.2, 0.25) is 0 Å². The van der Waals surface area contributed by atoms with Crippen molar-refractivity contribution >= 4 is 23.9 Å². The van der Waals surface area contributed by atoms with E-state index in [0.717, 1.165) is 0 Å². The molecule has 1 aliphatic carbocycles. The van der Waals surface area contributed by atoms with Crippen LogP contribution in [0.15, 0.2) is 0 Å². The normalized spacial score (nSPS) is 31.6. The number of carbonyl (C=O) groups is 4. The second-order valence-corrected chi connectivity index (χ2v) is 4.25. The van der Waals surface area contributed by atoms with Crippen molar-refractivity contribution in [2.24, 2.45) is 23.7 Å². The Morgan fingerprint density at radius 1 is 0.556 bits per heavy atom. The van der Waals surface area contributed by atoms with E-state index in [1.165, 1.54) is 0 Å². The maximum atomic E-state index is 10.9. The van der Waals surface area contributed by atoms with E-state index < -0.39 is 60.4 Å². The summed E-state index contributed by atoms with van der Waals surface area (Å²) in [4.78, 5) is 43.6. The van der Waals surface area contributed by atoms with Gasteiger partial charge in [0.05, 0.1) is 23.7 Å². The second-order valence-electron chi connectivity index (χ2n) is 4.25.